The molecule has 0 aromatic carbocycles. The predicted molar refractivity (Wildman–Crippen MR) is 62.8 cm³/mol. The Balaban J connectivity index is 0.00000289. The van der Waals surface area contributed by atoms with Gasteiger partial charge in [-0.25, -0.2) is 8.78 Å². The van der Waals surface area contributed by atoms with E-state index < -0.39 is 30.9 Å². The highest BCUT2D eigenvalue weighted by Crippen LogP contribution is 2.36. The summed E-state index contributed by atoms with van der Waals surface area (Å²) in [7, 11) is 0. The molecule has 0 saturated heterocycles. The SMILES string of the molecule is Cc1ncc(CO)c([C@@H](N)C(F)(F)CO)c1O.Cl. The number of aromatic nitrogens is 1. The van der Waals surface area contributed by atoms with Gasteiger partial charge in [0.2, 0.25) is 0 Å². The van der Waals surface area contributed by atoms with Gasteiger partial charge in [-0.05, 0) is 6.92 Å². The fourth-order valence-corrected chi connectivity index (χ4v) is 1.43. The minimum atomic E-state index is -3.59. The van der Waals surface area contributed by atoms with E-state index in [4.69, 9.17) is 15.9 Å². The molecule has 0 aliphatic rings. The summed E-state index contributed by atoms with van der Waals surface area (Å²) < 4.78 is 26.5. The van der Waals surface area contributed by atoms with Gasteiger partial charge in [-0.15, -0.1) is 12.4 Å². The molecule has 1 atom stereocenters. The first-order chi connectivity index (χ1) is 7.85. The fourth-order valence-electron chi connectivity index (χ4n) is 1.43. The molecule has 0 spiro atoms. The molecule has 1 heterocycles. The molecule has 0 radical (unpaired) electrons. The minimum Gasteiger partial charge on any atom is -0.506 e. The Kier molecular flexibility index (Phi) is 5.88. The molecule has 18 heavy (non-hydrogen) atoms. The Hall–Kier alpha value is -1.02. The van der Waals surface area contributed by atoms with E-state index in [2.05, 4.69) is 4.98 Å². The lowest BCUT2D eigenvalue weighted by molar-refractivity contribution is -0.0719. The van der Waals surface area contributed by atoms with Crippen molar-refractivity contribution in [2.75, 3.05) is 6.61 Å². The molecular weight excluding hydrogens is 270 g/mol. The fraction of sp³-hybridized carbons (Fsp3) is 0.500. The predicted octanol–water partition coefficient (Wildman–Crippen LogP) is 0.637. The summed E-state index contributed by atoms with van der Waals surface area (Å²) in [4.78, 5) is 3.73. The zero-order chi connectivity index (χ0) is 13.2. The normalized spacial score (nSPS) is 13.0. The summed E-state index contributed by atoms with van der Waals surface area (Å²) >= 11 is 0. The van der Waals surface area contributed by atoms with Crippen molar-refractivity contribution in [3.8, 4) is 5.75 Å². The van der Waals surface area contributed by atoms with Gasteiger partial charge < -0.3 is 21.1 Å². The third kappa shape index (κ3) is 3.05. The number of nitrogens with two attached hydrogens (primary N) is 1. The zero-order valence-corrected chi connectivity index (χ0v) is 10.4. The summed E-state index contributed by atoms with van der Waals surface area (Å²) in [5, 5.41) is 27.2. The van der Waals surface area contributed by atoms with E-state index in [1.807, 2.05) is 0 Å². The molecular formula is C10H15ClF2N2O3. The van der Waals surface area contributed by atoms with Crippen LogP contribution in [0.25, 0.3) is 0 Å². The van der Waals surface area contributed by atoms with Crippen LogP contribution in [-0.4, -0.2) is 32.8 Å². The number of aromatic hydroxyl groups is 1. The van der Waals surface area contributed by atoms with Gasteiger partial charge >= 0.3 is 0 Å². The van der Waals surface area contributed by atoms with Gasteiger partial charge in [0.05, 0.1) is 12.3 Å². The number of pyridine rings is 1. The maximum absolute atomic E-state index is 13.3. The number of halogens is 3. The number of nitrogens with zero attached hydrogens (tertiary/aromatic N) is 1. The number of aliphatic hydroxyl groups excluding tert-OH is 2. The molecule has 0 aliphatic carbocycles. The van der Waals surface area contributed by atoms with Gasteiger partial charge in [0.1, 0.15) is 18.4 Å². The number of hydrogen-bond donors (Lipinski definition) is 4. The van der Waals surface area contributed by atoms with Gasteiger partial charge in [0.25, 0.3) is 5.92 Å². The van der Waals surface area contributed by atoms with E-state index in [9.17, 15) is 13.9 Å². The van der Waals surface area contributed by atoms with Crippen molar-refractivity contribution >= 4 is 12.4 Å². The summed E-state index contributed by atoms with van der Waals surface area (Å²) in [5.74, 6) is -4.08. The molecule has 5 nitrogen and oxygen atoms in total. The monoisotopic (exact) mass is 284 g/mol. The topological polar surface area (TPSA) is 99.6 Å². The number of rotatable bonds is 4. The van der Waals surface area contributed by atoms with Crippen molar-refractivity contribution in [1.29, 1.82) is 0 Å². The number of aliphatic hydroxyl groups is 2. The molecule has 0 unspecified atom stereocenters. The molecule has 5 N–H and O–H groups in total. The highest BCUT2D eigenvalue weighted by molar-refractivity contribution is 5.85. The summed E-state index contributed by atoms with van der Waals surface area (Å²) in [6, 6.07) is -1.91. The summed E-state index contributed by atoms with van der Waals surface area (Å²) in [6.07, 6.45) is 1.16. The third-order valence-corrected chi connectivity index (χ3v) is 2.50. The number of aryl methyl sites for hydroxylation is 1. The Morgan fingerprint density at radius 2 is 2.00 bits per heavy atom. The van der Waals surface area contributed by atoms with E-state index in [0.717, 1.165) is 6.20 Å². The first kappa shape index (κ1) is 17.0. The van der Waals surface area contributed by atoms with Crippen LogP contribution in [0.4, 0.5) is 8.78 Å². The molecule has 0 bridgehead atoms. The van der Waals surface area contributed by atoms with E-state index >= 15 is 0 Å². The van der Waals surface area contributed by atoms with Crippen LogP contribution >= 0.6 is 12.4 Å². The minimum absolute atomic E-state index is 0. The number of hydrogen-bond acceptors (Lipinski definition) is 5. The van der Waals surface area contributed by atoms with Crippen LogP contribution in [0, 0.1) is 6.92 Å². The van der Waals surface area contributed by atoms with Crippen LogP contribution in [0.1, 0.15) is 22.9 Å². The van der Waals surface area contributed by atoms with E-state index in [1.54, 1.807) is 0 Å². The lowest BCUT2D eigenvalue weighted by Crippen LogP contribution is -2.37. The molecule has 0 saturated carbocycles. The standard InChI is InChI=1S/C10H14F2N2O3.ClH/c1-5-8(17)7(6(3-15)2-14-5)9(13)10(11,12)4-16;/h2,9,15-17H,3-4,13H2,1H3;1H/t9-;/m1./s1. The zero-order valence-electron chi connectivity index (χ0n) is 9.60. The Morgan fingerprint density at radius 3 is 2.44 bits per heavy atom. The van der Waals surface area contributed by atoms with Gasteiger partial charge in [-0.2, -0.15) is 0 Å². The summed E-state index contributed by atoms with van der Waals surface area (Å²) in [5.41, 5.74) is 5.16. The van der Waals surface area contributed by atoms with Crippen LogP contribution in [-0.2, 0) is 6.61 Å². The van der Waals surface area contributed by atoms with Crippen molar-refractivity contribution in [3.63, 3.8) is 0 Å². The second-order valence-electron chi connectivity index (χ2n) is 3.69. The Morgan fingerprint density at radius 1 is 1.44 bits per heavy atom. The smallest absolute Gasteiger partial charge is 0.289 e. The van der Waals surface area contributed by atoms with Crippen molar-refractivity contribution in [3.05, 3.63) is 23.0 Å². The molecule has 1 aromatic rings. The van der Waals surface area contributed by atoms with Crippen molar-refractivity contribution in [2.24, 2.45) is 5.73 Å². The van der Waals surface area contributed by atoms with Crippen molar-refractivity contribution < 1.29 is 24.1 Å². The molecule has 104 valence electrons. The Labute approximate surface area is 109 Å². The average Bonchev–Trinajstić information content (AvgIpc) is 2.31. The van der Waals surface area contributed by atoms with E-state index in [-0.39, 0.29) is 29.2 Å². The van der Waals surface area contributed by atoms with Crippen LogP contribution in [0.5, 0.6) is 5.75 Å². The first-order valence-electron chi connectivity index (χ1n) is 4.87. The molecule has 0 fully saturated rings. The second kappa shape index (κ2) is 6.24. The van der Waals surface area contributed by atoms with E-state index in [1.165, 1.54) is 6.92 Å². The van der Waals surface area contributed by atoms with Crippen LogP contribution in [0.2, 0.25) is 0 Å². The highest BCUT2D eigenvalue weighted by Gasteiger charge is 2.40. The quantitative estimate of drug-likeness (QED) is 0.650. The van der Waals surface area contributed by atoms with E-state index in [0.29, 0.717) is 0 Å². The van der Waals surface area contributed by atoms with Crippen LogP contribution in [0.15, 0.2) is 6.20 Å². The summed E-state index contributed by atoms with van der Waals surface area (Å²) in [6.45, 7) is -0.602. The Bertz CT molecular complexity index is 418. The van der Waals surface area contributed by atoms with Gasteiger partial charge in [0.15, 0.2) is 0 Å². The van der Waals surface area contributed by atoms with Crippen molar-refractivity contribution in [2.45, 2.75) is 25.5 Å². The maximum atomic E-state index is 13.3. The van der Waals surface area contributed by atoms with Crippen LogP contribution < -0.4 is 5.73 Å². The maximum Gasteiger partial charge on any atom is 0.289 e. The molecule has 1 rings (SSSR count). The molecule has 8 heteroatoms. The molecule has 0 aliphatic heterocycles. The van der Waals surface area contributed by atoms with Gasteiger partial charge in [-0.3, -0.25) is 4.98 Å². The highest BCUT2D eigenvalue weighted by atomic mass is 35.5. The average molecular weight is 285 g/mol. The third-order valence-electron chi connectivity index (χ3n) is 2.50. The van der Waals surface area contributed by atoms with Crippen LogP contribution in [0.3, 0.4) is 0 Å². The van der Waals surface area contributed by atoms with Gasteiger partial charge in [0, 0.05) is 17.3 Å². The first-order valence-corrected chi connectivity index (χ1v) is 4.87. The largest absolute Gasteiger partial charge is 0.506 e. The lowest BCUT2D eigenvalue weighted by Gasteiger charge is -2.24. The number of alkyl halides is 2. The van der Waals surface area contributed by atoms with Gasteiger partial charge in [-0.1, -0.05) is 0 Å². The lowest BCUT2D eigenvalue weighted by atomic mass is 9.96. The van der Waals surface area contributed by atoms with Crippen molar-refractivity contribution in [1.82, 2.24) is 4.98 Å². The molecule has 0 amide bonds. The second-order valence-corrected chi connectivity index (χ2v) is 3.69. The molecule has 1 aromatic heterocycles.